The van der Waals surface area contributed by atoms with Gasteiger partial charge in [0.1, 0.15) is 5.75 Å². The third kappa shape index (κ3) is 3.17. The van der Waals surface area contributed by atoms with Crippen LogP contribution in [-0.4, -0.2) is 49.0 Å². The van der Waals surface area contributed by atoms with Gasteiger partial charge in [-0.25, -0.2) is 0 Å². The maximum absolute atomic E-state index is 13.2. The highest BCUT2D eigenvalue weighted by Crippen LogP contribution is 2.50. The first-order valence-electron chi connectivity index (χ1n) is 9.47. The van der Waals surface area contributed by atoms with Crippen molar-refractivity contribution in [1.29, 1.82) is 0 Å². The number of nitro benzene ring substituents is 1. The largest absolute Gasteiger partial charge is 0.495 e. The lowest BCUT2D eigenvalue weighted by molar-refractivity contribution is -0.384. The van der Waals surface area contributed by atoms with Crippen molar-refractivity contribution in [2.75, 3.05) is 38.2 Å². The van der Waals surface area contributed by atoms with Crippen LogP contribution < -0.4 is 9.64 Å². The Morgan fingerprint density at radius 2 is 1.68 bits per heavy atom. The second-order valence-electron chi connectivity index (χ2n) is 7.34. The number of hydrogen-bond donors (Lipinski definition) is 0. The molecule has 2 aromatic rings. The van der Waals surface area contributed by atoms with E-state index in [0.29, 0.717) is 13.1 Å². The van der Waals surface area contributed by atoms with Crippen LogP contribution in [0.5, 0.6) is 5.75 Å². The Hall–Kier alpha value is -3.09. The van der Waals surface area contributed by atoms with Crippen molar-refractivity contribution in [3.63, 3.8) is 0 Å². The summed E-state index contributed by atoms with van der Waals surface area (Å²) in [4.78, 5) is 27.8. The van der Waals surface area contributed by atoms with Crippen molar-refractivity contribution in [2.24, 2.45) is 0 Å². The molecule has 4 rings (SSSR count). The molecule has 146 valence electrons. The number of rotatable bonds is 5. The average molecular weight is 381 g/mol. The number of nitrogens with zero attached hydrogens (tertiary/aromatic N) is 3. The number of nitro groups is 1. The van der Waals surface area contributed by atoms with Crippen molar-refractivity contribution in [3.8, 4) is 5.75 Å². The van der Waals surface area contributed by atoms with E-state index in [1.165, 1.54) is 12.1 Å². The first-order valence-corrected chi connectivity index (χ1v) is 9.47. The molecule has 1 heterocycles. The lowest BCUT2D eigenvalue weighted by Crippen LogP contribution is -2.51. The summed E-state index contributed by atoms with van der Waals surface area (Å²) in [7, 11) is 1.67. The first kappa shape index (κ1) is 18.3. The van der Waals surface area contributed by atoms with Crippen LogP contribution in [0.25, 0.3) is 0 Å². The highest BCUT2D eigenvalue weighted by Gasteiger charge is 2.53. The smallest absolute Gasteiger partial charge is 0.269 e. The molecule has 0 N–H and O–H groups in total. The van der Waals surface area contributed by atoms with Crippen molar-refractivity contribution >= 4 is 17.3 Å². The number of non-ortho nitro benzene ring substituents is 1. The average Bonchev–Trinajstić information content (AvgIpc) is 3.55. The van der Waals surface area contributed by atoms with E-state index in [4.69, 9.17) is 4.74 Å². The van der Waals surface area contributed by atoms with E-state index in [2.05, 4.69) is 4.90 Å². The standard InChI is InChI=1S/C21H23N3O4/c1-28-19-5-3-2-4-18(19)22-12-14-23(15-13-22)20(25)21(10-11-21)16-6-8-17(9-7-16)24(26)27/h2-9H,10-15H2,1H3. The highest BCUT2D eigenvalue weighted by molar-refractivity contribution is 5.91. The molecule has 0 aromatic heterocycles. The molecule has 1 amide bonds. The number of hydrogen-bond acceptors (Lipinski definition) is 5. The number of benzene rings is 2. The van der Waals surface area contributed by atoms with E-state index in [9.17, 15) is 14.9 Å². The predicted molar refractivity (Wildman–Crippen MR) is 106 cm³/mol. The summed E-state index contributed by atoms with van der Waals surface area (Å²) >= 11 is 0. The van der Waals surface area contributed by atoms with E-state index < -0.39 is 10.3 Å². The number of amides is 1. The molecule has 0 atom stereocenters. The van der Waals surface area contributed by atoms with Crippen molar-refractivity contribution in [1.82, 2.24) is 4.90 Å². The molecular formula is C21H23N3O4. The normalized spacial score (nSPS) is 17.9. The zero-order valence-corrected chi connectivity index (χ0v) is 15.8. The third-order valence-electron chi connectivity index (χ3n) is 5.78. The van der Waals surface area contributed by atoms with Crippen LogP contribution in [0.1, 0.15) is 18.4 Å². The summed E-state index contributed by atoms with van der Waals surface area (Å²) in [6, 6.07) is 14.4. The minimum Gasteiger partial charge on any atom is -0.495 e. The lowest BCUT2D eigenvalue weighted by Gasteiger charge is -2.38. The molecule has 0 spiro atoms. The van der Waals surface area contributed by atoms with Crippen LogP contribution in [0.15, 0.2) is 48.5 Å². The second kappa shape index (κ2) is 7.14. The van der Waals surface area contributed by atoms with Gasteiger partial charge in [0.05, 0.1) is 23.1 Å². The number of carbonyl (C=O) groups is 1. The molecule has 1 aliphatic carbocycles. The number of ether oxygens (including phenoxy) is 1. The topological polar surface area (TPSA) is 75.9 Å². The van der Waals surface area contributed by atoms with Crippen LogP contribution in [0.2, 0.25) is 0 Å². The SMILES string of the molecule is COc1ccccc1N1CCN(C(=O)C2(c3ccc([N+](=O)[O-])cc3)CC2)CC1. The fourth-order valence-corrected chi connectivity index (χ4v) is 4.00. The quantitative estimate of drug-likeness (QED) is 0.588. The van der Waals surface area contributed by atoms with Gasteiger partial charge in [0.2, 0.25) is 5.91 Å². The number of methoxy groups -OCH3 is 1. The number of para-hydroxylation sites is 2. The molecule has 1 saturated heterocycles. The summed E-state index contributed by atoms with van der Waals surface area (Å²) in [6.45, 7) is 2.82. The van der Waals surface area contributed by atoms with E-state index in [0.717, 1.165) is 42.9 Å². The van der Waals surface area contributed by atoms with Crippen LogP contribution in [0.3, 0.4) is 0 Å². The highest BCUT2D eigenvalue weighted by atomic mass is 16.6. The molecule has 7 heteroatoms. The fraction of sp³-hybridized carbons (Fsp3) is 0.381. The van der Waals surface area contributed by atoms with Gasteiger partial charge >= 0.3 is 0 Å². The number of anilines is 1. The number of piperazine rings is 1. The lowest BCUT2D eigenvalue weighted by atomic mass is 9.93. The van der Waals surface area contributed by atoms with Gasteiger partial charge in [-0.05, 0) is 30.5 Å². The summed E-state index contributed by atoms with van der Waals surface area (Å²) in [5, 5.41) is 10.9. The van der Waals surface area contributed by atoms with Crippen molar-refractivity contribution in [3.05, 3.63) is 64.2 Å². The Labute approximate surface area is 163 Å². The molecule has 2 aliphatic rings. The Bertz CT molecular complexity index is 885. The van der Waals surface area contributed by atoms with Gasteiger partial charge in [0.15, 0.2) is 0 Å². The van der Waals surface area contributed by atoms with Gasteiger partial charge in [-0.15, -0.1) is 0 Å². The molecule has 0 unspecified atom stereocenters. The van der Waals surface area contributed by atoms with Crippen molar-refractivity contribution in [2.45, 2.75) is 18.3 Å². The Kier molecular flexibility index (Phi) is 4.66. The van der Waals surface area contributed by atoms with E-state index >= 15 is 0 Å². The van der Waals surface area contributed by atoms with Gasteiger partial charge < -0.3 is 14.5 Å². The molecule has 0 radical (unpaired) electrons. The minimum atomic E-state index is -0.498. The molecular weight excluding hydrogens is 358 g/mol. The Morgan fingerprint density at radius 1 is 1.04 bits per heavy atom. The van der Waals surface area contributed by atoms with Gasteiger partial charge in [-0.3, -0.25) is 14.9 Å². The monoisotopic (exact) mass is 381 g/mol. The van der Waals surface area contributed by atoms with E-state index in [-0.39, 0.29) is 11.6 Å². The van der Waals surface area contributed by atoms with Gasteiger partial charge in [0, 0.05) is 38.3 Å². The molecule has 28 heavy (non-hydrogen) atoms. The van der Waals surface area contributed by atoms with Gasteiger partial charge in [0.25, 0.3) is 5.69 Å². The van der Waals surface area contributed by atoms with Gasteiger partial charge in [-0.1, -0.05) is 24.3 Å². The van der Waals surface area contributed by atoms with Gasteiger partial charge in [-0.2, -0.15) is 0 Å². The van der Waals surface area contributed by atoms with Crippen LogP contribution >= 0.6 is 0 Å². The fourth-order valence-electron chi connectivity index (χ4n) is 4.00. The Morgan fingerprint density at radius 3 is 2.25 bits per heavy atom. The van der Waals surface area contributed by atoms with E-state index in [1.54, 1.807) is 19.2 Å². The summed E-state index contributed by atoms with van der Waals surface area (Å²) < 4.78 is 5.45. The molecule has 0 bridgehead atoms. The summed E-state index contributed by atoms with van der Waals surface area (Å²) in [6.07, 6.45) is 1.60. The maximum atomic E-state index is 13.2. The molecule has 2 fully saturated rings. The molecule has 1 aliphatic heterocycles. The van der Waals surface area contributed by atoms with E-state index in [1.807, 2.05) is 29.2 Å². The first-order chi connectivity index (χ1) is 13.5. The zero-order valence-electron chi connectivity index (χ0n) is 15.8. The predicted octanol–water partition coefficient (Wildman–Crippen LogP) is 2.98. The zero-order chi connectivity index (χ0) is 19.7. The molecule has 1 saturated carbocycles. The number of carbonyl (C=O) groups excluding carboxylic acids is 1. The minimum absolute atomic E-state index is 0.0532. The Balaban J connectivity index is 1.44. The second-order valence-corrected chi connectivity index (χ2v) is 7.34. The summed E-state index contributed by atoms with van der Waals surface area (Å²) in [5.41, 5.74) is 1.49. The summed E-state index contributed by atoms with van der Waals surface area (Å²) in [5.74, 6) is 0.979. The van der Waals surface area contributed by atoms with Crippen molar-refractivity contribution < 1.29 is 14.5 Å². The third-order valence-corrected chi connectivity index (χ3v) is 5.78. The maximum Gasteiger partial charge on any atom is 0.269 e. The molecule has 2 aromatic carbocycles. The van der Waals surface area contributed by atoms with Crippen LogP contribution in [-0.2, 0) is 10.2 Å². The van der Waals surface area contributed by atoms with Crippen LogP contribution in [0, 0.1) is 10.1 Å². The van der Waals surface area contributed by atoms with Crippen LogP contribution in [0.4, 0.5) is 11.4 Å². The molecule has 7 nitrogen and oxygen atoms in total.